The molecule has 0 radical (unpaired) electrons. The maximum atomic E-state index is 14.0. The monoisotopic (exact) mass is 624 g/mol. The molecule has 0 aliphatic heterocycles. The summed E-state index contributed by atoms with van der Waals surface area (Å²) in [5.74, 6) is -2.38. The molecule has 1 aromatic heterocycles. The van der Waals surface area contributed by atoms with Crippen molar-refractivity contribution in [3.05, 3.63) is 126 Å². The maximum Gasteiger partial charge on any atom is 0.251 e. The van der Waals surface area contributed by atoms with Crippen molar-refractivity contribution < 1.29 is 27.9 Å². The summed E-state index contributed by atoms with van der Waals surface area (Å²) in [6, 6.07) is 24.0. The van der Waals surface area contributed by atoms with Crippen LogP contribution in [0.4, 0.5) is 20.2 Å². The molecule has 5 rings (SSSR count). The molecular weight excluding hydrogens is 594 g/mol. The Morgan fingerprint density at radius 3 is 2.33 bits per heavy atom. The van der Waals surface area contributed by atoms with Gasteiger partial charge in [-0.2, -0.15) is 0 Å². The Hall–Kier alpha value is -5.91. The first-order chi connectivity index (χ1) is 22.2. The predicted octanol–water partition coefficient (Wildman–Crippen LogP) is 4.87. The van der Waals surface area contributed by atoms with Crippen LogP contribution in [0.3, 0.4) is 0 Å². The van der Waals surface area contributed by atoms with Gasteiger partial charge in [0.05, 0.1) is 13.3 Å². The highest BCUT2D eigenvalue weighted by Gasteiger charge is 2.26. The third-order valence-corrected chi connectivity index (χ3v) is 7.08. The van der Waals surface area contributed by atoms with E-state index in [4.69, 9.17) is 4.74 Å². The van der Waals surface area contributed by atoms with Crippen molar-refractivity contribution in [2.75, 3.05) is 24.4 Å². The van der Waals surface area contributed by atoms with Crippen molar-refractivity contribution in [3.63, 3.8) is 0 Å². The zero-order valence-electron chi connectivity index (χ0n) is 25.0. The summed E-state index contributed by atoms with van der Waals surface area (Å²) in [5, 5.41) is 13.7. The molecule has 234 valence electrons. The van der Waals surface area contributed by atoms with Crippen LogP contribution in [0.25, 0.3) is 11.3 Å². The number of anilines is 2. The molecule has 0 aliphatic rings. The molecule has 0 fully saturated rings. The van der Waals surface area contributed by atoms with Crippen LogP contribution in [0.15, 0.2) is 103 Å². The van der Waals surface area contributed by atoms with Gasteiger partial charge in [-0.1, -0.05) is 35.5 Å². The molecule has 3 amide bonds. The Morgan fingerprint density at radius 2 is 1.63 bits per heavy atom. The van der Waals surface area contributed by atoms with Crippen LogP contribution in [-0.2, 0) is 22.6 Å². The first kappa shape index (κ1) is 31.5. The van der Waals surface area contributed by atoms with E-state index in [0.717, 1.165) is 18.2 Å². The van der Waals surface area contributed by atoms with Gasteiger partial charge in [0.1, 0.15) is 35.7 Å². The van der Waals surface area contributed by atoms with Crippen molar-refractivity contribution in [2.45, 2.75) is 19.0 Å². The lowest BCUT2D eigenvalue weighted by molar-refractivity contribution is -0.120. The topological polar surface area (TPSA) is 118 Å². The number of halogens is 2. The molecule has 0 saturated carbocycles. The van der Waals surface area contributed by atoms with Crippen molar-refractivity contribution in [3.8, 4) is 17.0 Å². The van der Waals surface area contributed by atoms with Crippen LogP contribution >= 0.6 is 0 Å². The van der Waals surface area contributed by atoms with Gasteiger partial charge in [0.2, 0.25) is 11.8 Å². The highest BCUT2D eigenvalue weighted by molar-refractivity contribution is 6.02. The maximum absolute atomic E-state index is 14.0. The largest absolute Gasteiger partial charge is 0.497 e. The number of carbonyl (C=O) groups excluding carboxylic acids is 3. The molecule has 1 atom stereocenters. The third kappa shape index (κ3) is 7.97. The fourth-order valence-corrected chi connectivity index (χ4v) is 4.77. The van der Waals surface area contributed by atoms with Gasteiger partial charge >= 0.3 is 0 Å². The van der Waals surface area contributed by atoms with Crippen molar-refractivity contribution in [1.82, 2.24) is 20.3 Å². The number of rotatable bonds is 11. The Labute approximate surface area is 263 Å². The highest BCUT2D eigenvalue weighted by atomic mass is 19.1. The zero-order valence-corrected chi connectivity index (χ0v) is 25.0. The number of methoxy groups -OCH3 is 1. The zero-order chi connectivity index (χ0) is 32.6. The molecule has 0 unspecified atom stereocenters. The van der Waals surface area contributed by atoms with Gasteiger partial charge in [0.15, 0.2) is 0 Å². The molecule has 0 aliphatic carbocycles. The summed E-state index contributed by atoms with van der Waals surface area (Å²) >= 11 is 0. The van der Waals surface area contributed by atoms with E-state index in [1.165, 1.54) is 16.7 Å². The van der Waals surface area contributed by atoms with Crippen LogP contribution in [-0.4, -0.2) is 52.9 Å². The Bertz CT molecular complexity index is 1830. The summed E-state index contributed by atoms with van der Waals surface area (Å²) in [5.41, 5.74) is 2.56. The number of carbonyl (C=O) groups is 3. The van der Waals surface area contributed by atoms with Crippen molar-refractivity contribution in [2.24, 2.45) is 0 Å². The number of amides is 3. The number of hydrogen-bond acceptors (Lipinski definition) is 6. The normalized spacial score (nSPS) is 11.4. The van der Waals surface area contributed by atoms with Crippen molar-refractivity contribution >= 4 is 29.1 Å². The quantitative estimate of drug-likeness (QED) is 0.217. The number of hydrogen-bond donors (Lipinski definition) is 2. The second-order valence-corrected chi connectivity index (χ2v) is 10.4. The molecule has 2 N–H and O–H groups in total. The summed E-state index contributed by atoms with van der Waals surface area (Å²) < 4.78 is 34.6. The Morgan fingerprint density at radius 1 is 0.913 bits per heavy atom. The second-order valence-electron chi connectivity index (χ2n) is 10.4. The second kappa shape index (κ2) is 14.2. The SMILES string of the molecule is COc1ccc(N(C)C(=O)[C@H](Cc2cc(F)cc(F)c2)NC(=O)c2cccc(-c3cn(CC(=O)Nc4ccccc4)nn3)c2)cc1. The standard InChI is InChI=1S/C34H30F2N6O4/c1-41(28-11-13-29(46-2)14-12-28)34(45)30(17-22-15-25(35)19-26(36)16-22)38-33(44)24-8-6-7-23(18-24)31-20-42(40-39-31)21-32(43)37-27-9-4-3-5-10-27/h3-16,18-20,30H,17,21H2,1-2H3,(H,37,43)(H,38,44)/t30-/m0/s1. The number of ether oxygens (including phenoxy) is 1. The van der Waals surface area contributed by atoms with Crippen LogP contribution in [0.5, 0.6) is 5.75 Å². The highest BCUT2D eigenvalue weighted by Crippen LogP contribution is 2.21. The molecule has 0 bridgehead atoms. The Balaban J connectivity index is 1.33. The lowest BCUT2D eigenvalue weighted by atomic mass is 10.0. The molecule has 1 heterocycles. The van der Waals surface area contributed by atoms with Crippen LogP contribution in [0.2, 0.25) is 0 Å². The number of benzene rings is 4. The molecular formula is C34H30F2N6O4. The van der Waals surface area contributed by atoms with Gasteiger partial charge in [0, 0.05) is 42.0 Å². The van der Waals surface area contributed by atoms with E-state index in [1.54, 1.807) is 73.9 Å². The number of nitrogens with one attached hydrogen (secondary N) is 2. The average Bonchev–Trinajstić information content (AvgIpc) is 3.52. The predicted molar refractivity (Wildman–Crippen MR) is 168 cm³/mol. The number of para-hydroxylation sites is 1. The summed E-state index contributed by atoms with van der Waals surface area (Å²) in [6.07, 6.45) is 1.41. The van der Waals surface area contributed by atoms with Gasteiger partial charge in [-0.25, -0.2) is 13.5 Å². The lowest BCUT2D eigenvalue weighted by Gasteiger charge is -2.25. The minimum absolute atomic E-state index is 0.0751. The molecule has 10 nitrogen and oxygen atoms in total. The minimum Gasteiger partial charge on any atom is -0.497 e. The van der Waals surface area contributed by atoms with Crippen molar-refractivity contribution in [1.29, 1.82) is 0 Å². The van der Waals surface area contributed by atoms with E-state index in [0.29, 0.717) is 28.4 Å². The molecule has 0 spiro atoms. The van der Waals surface area contributed by atoms with E-state index >= 15 is 0 Å². The van der Waals surface area contributed by atoms with E-state index in [9.17, 15) is 23.2 Å². The number of likely N-dealkylation sites (N-methyl/N-ethyl adjacent to an activating group) is 1. The average molecular weight is 625 g/mol. The van der Waals surface area contributed by atoms with E-state index in [1.807, 2.05) is 18.2 Å². The summed E-state index contributed by atoms with van der Waals surface area (Å²) in [6.45, 7) is -0.0751. The summed E-state index contributed by atoms with van der Waals surface area (Å²) in [4.78, 5) is 40.9. The van der Waals surface area contributed by atoms with E-state index < -0.39 is 29.5 Å². The molecule has 0 saturated heterocycles. The van der Waals surface area contributed by atoms with Gasteiger partial charge in [-0.15, -0.1) is 5.10 Å². The number of nitrogens with zero attached hydrogens (tertiary/aromatic N) is 4. The molecule has 46 heavy (non-hydrogen) atoms. The Kier molecular flexibility index (Phi) is 9.76. The van der Waals surface area contributed by atoms with Crippen LogP contribution in [0.1, 0.15) is 15.9 Å². The molecule has 12 heteroatoms. The lowest BCUT2D eigenvalue weighted by Crippen LogP contribution is -2.48. The van der Waals surface area contributed by atoms with Crippen LogP contribution in [0, 0.1) is 11.6 Å². The van der Waals surface area contributed by atoms with Gasteiger partial charge in [0.25, 0.3) is 5.91 Å². The van der Waals surface area contributed by atoms with Gasteiger partial charge in [-0.3, -0.25) is 14.4 Å². The minimum atomic E-state index is -1.17. The summed E-state index contributed by atoms with van der Waals surface area (Å²) in [7, 11) is 3.07. The van der Waals surface area contributed by atoms with Gasteiger partial charge < -0.3 is 20.3 Å². The van der Waals surface area contributed by atoms with E-state index in [2.05, 4.69) is 20.9 Å². The molecule has 4 aromatic carbocycles. The number of aromatic nitrogens is 3. The van der Waals surface area contributed by atoms with Crippen LogP contribution < -0.4 is 20.3 Å². The first-order valence-corrected chi connectivity index (χ1v) is 14.2. The fourth-order valence-electron chi connectivity index (χ4n) is 4.77. The smallest absolute Gasteiger partial charge is 0.251 e. The fraction of sp³-hybridized carbons (Fsp3) is 0.147. The first-order valence-electron chi connectivity index (χ1n) is 14.2. The molecule has 5 aromatic rings. The van der Waals surface area contributed by atoms with E-state index in [-0.39, 0.29) is 30.0 Å². The third-order valence-electron chi connectivity index (χ3n) is 7.08. The van der Waals surface area contributed by atoms with Gasteiger partial charge in [-0.05, 0) is 66.2 Å².